The number of likely N-dealkylation sites (tertiary alicyclic amines) is 1. The minimum atomic E-state index is 0.455. The summed E-state index contributed by atoms with van der Waals surface area (Å²) in [6, 6.07) is 4.48. The Morgan fingerprint density at radius 2 is 2.11 bits per heavy atom. The smallest absolute Gasteiger partial charge is 0.172 e. The predicted molar refractivity (Wildman–Crippen MR) is 106 cm³/mol. The quantitative estimate of drug-likeness (QED) is 0.565. The lowest BCUT2D eigenvalue weighted by atomic mass is 10.1. The van der Waals surface area contributed by atoms with Crippen LogP contribution in [-0.4, -0.2) is 55.0 Å². The van der Waals surface area contributed by atoms with E-state index in [9.17, 15) is 0 Å². The van der Waals surface area contributed by atoms with Gasteiger partial charge in [-0.3, -0.25) is 9.78 Å². The number of aromatic nitrogens is 6. The van der Waals surface area contributed by atoms with Crippen molar-refractivity contribution in [2.24, 2.45) is 0 Å². The molecule has 1 fully saturated rings. The molecule has 0 amide bonds. The highest BCUT2D eigenvalue weighted by Crippen LogP contribution is 2.29. The molecule has 5 rings (SSSR count). The lowest BCUT2D eigenvalue weighted by molar-refractivity contribution is 0.212. The fourth-order valence-corrected chi connectivity index (χ4v) is 4.10. The monoisotopic (exact) mass is 380 g/mol. The predicted octanol–water partition coefficient (Wildman–Crippen LogP) is 3.29. The van der Waals surface area contributed by atoms with Crippen molar-refractivity contribution in [2.45, 2.75) is 18.9 Å². The molecule has 4 aromatic rings. The van der Waals surface area contributed by atoms with Crippen molar-refractivity contribution in [2.75, 3.05) is 25.5 Å². The van der Waals surface area contributed by atoms with Crippen LogP contribution in [0.2, 0.25) is 0 Å². The van der Waals surface area contributed by atoms with Gasteiger partial charge in [0.2, 0.25) is 0 Å². The van der Waals surface area contributed by atoms with E-state index in [0.29, 0.717) is 17.7 Å². The number of anilines is 2. The average molecular weight is 380 g/mol. The first-order valence-electron chi connectivity index (χ1n) is 9.01. The fourth-order valence-electron chi connectivity index (χ4n) is 3.44. The Labute approximate surface area is 160 Å². The van der Waals surface area contributed by atoms with Gasteiger partial charge >= 0.3 is 0 Å². The molecule has 9 heteroatoms. The van der Waals surface area contributed by atoms with E-state index in [1.807, 2.05) is 23.7 Å². The van der Waals surface area contributed by atoms with Gasteiger partial charge in [-0.05, 0) is 44.4 Å². The summed E-state index contributed by atoms with van der Waals surface area (Å²) in [7, 11) is 2.17. The molecule has 1 aliphatic rings. The molecule has 27 heavy (non-hydrogen) atoms. The summed E-state index contributed by atoms with van der Waals surface area (Å²) < 4.78 is 2.07. The minimum Gasteiger partial charge on any atom is -0.336 e. The number of fused-ring (bicyclic) bond motifs is 1. The second-order valence-corrected chi connectivity index (χ2v) is 7.82. The van der Waals surface area contributed by atoms with Crippen LogP contribution < -0.4 is 5.32 Å². The highest BCUT2D eigenvalue weighted by atomic mass is 32.1. The Morgan fingerprint density at radius 1 is 1.22 bits per heavy atom. The highest BCUT2D eigenvalue weighted by Gasteiger charge is 2.19. The van der Waals surface area contributed by atoms with Crippen LogP contribution in [-0.2, 0) is 0 Å². The van der Waals surface area contributed by atoms with Crippen LogP contribution in [0.15, 0.2) is 36.1 Å². The Morgan fingerprint density at radius 3 is 2.93 bits per heavy atom. The third-order valence-electron chi connectivity index (χ3n) is 4.97. The van der Waals surface area contributed by atoms with Crippen molar-refractivity contribution in [3.05, 3.63) is 36.1 Å². The molecular weight excluding hydrogens is 360 g/mol. The van der Waals surface area contributed by atoms with Crippen molar-refractivity contribution < 1.29 is 0 Å². The van der Waals surface area contributed by atoms with Gasteiger partial charge in [-0.2, -0.15) is 10.2 Å². The summed E-state index contributed by atoms with van der Waals surface area (Å²) in [4.78, 5) is 12.7. The molecule has 0 radical (unpaired) electrons. The van der Waals surface area contributed by atoms with Gasteiger partial charge in [0.15, 0.2) is 11.6 Å². The molecule has 5 heterocycles. The molecule has 1 saturated heterocycles. The number of nitrogens with zero attached hydrogens (tertiary/aromatic N) is 6. The summed E-state index contributed by atoms with van der Waals surface area (Å²) in [6.45, 7) is 2.22. The van der Waals surface area contributed by atoms with E-state index in [-0.39, 0.29) is 0 Å². The standard InChI is InChI=1S/C18H20N8S/c1-25-6-4-13(5-7-25)26-11-12(9-20-26)21-18-16-14(10-19-24-16)22-17(23-18)15-3-2-8-27-15/h2-3,8-11,13H,4-7H2,1H3,(H,19,24)(H,21,22,23). The average Bonchev–Trinajstić information content (AvgIpc) is 3.43. The summed E-state index contributed by atoms with van der Waals surface area (Å²) in [5, 5.41) is 17.1. The van der Waals surface area contributed by atoms with Crippen molar-refractivity contribution in [3.63, 3.8) is 0 Å². The van der Waals surface area contributed by atoms with Gasteiger partial charge in [0.25, 0.3) is 0 Å². The Kier molecular flexibility index (Phi) is 4.10. The zero-order chi connectivity index (χ0) is 18.2. The third kappa shape index (κ3) is 3.19. The lowest BCUT2D eigenvalue weighted by Crippen LogP contribution is -2.31. The summed E-state index contributed by atoms with van der Waals surface area (Å²) in [6.07, 6.45) is 7.89. The third-order valence-corrected chi connectivity index (χ3v) is 5.83. The molecule has 0 bridgehead atoms. The number of thiophene rings is 1. The molecule has 1 aliphatic heterocycles. The summed E-state index contributed by atoms with van der Waals surface area (Å²) in [5.41, 5.74) is 2.50. The van der Waals surface area contributed by atoms with Crippen LogP contribution in [0.4, 0.5) is 11.5 Å². The topological polar surface area (TPSA) is 87.5 Å². The molecular formula is C18H20N8S. The number of rotatable bonds is 4. The lowest BCUT2D eigenvalue weighted by Gasteiger charge is -2.28. The minimum absolute atomic E-state index is 0.455. The number of hydrogen-bond acceptors (Lipinski definition) is 7. The molecule has 0 atom stereocenters. The van der Waals surface area contributed by atoms with Crippen molar-refractivity contribution >= 4 is 33.9 Å². The molecule has 0 saturated carbocycles. The van der Waals surface area contributed by atoms with Crippen LogP contribution in [0.1, 0.15) is 18.9 Å². The zero-order valence-electron chi connectivity index (χ0n) is 15.0. The van der Waals surface area contributed by atoms with Crippen LogP contribution in [0.3, 0.4) is 0 Å². The van der Waals surface area contributed by atoms with E-state index in [1.54, 1.807) is 17.5 Å². The molecule has 0 aliphatic carbocycles. The van der Waals surface area contributed by atoms with Gasteiger partial charge in [-0.25, -0.2) is 9.97 Å². The number of hydrogen-bond donors (Lipinski definition) is 2. The molecule has 0 aromatic carbocycles. The Hall–Kier alpha value is -2.78. The van der Waals surface area contributed by atoms with Crippen molar-refractivity contribution in [1.29, 1.82) is 0 Å². The van der Waals surface area contributed by atoms with Gasteiger partial charge in [0, 0.05) is 6.20 Å². The normalized spacial score (nSPS) is 16.2. The van der Waals surface area contributed by atoms with E-state index < -0.39 is 0 Å². The van der Waals surface area contributed by atoms with Crippen LogP contribution in [0, 0.1) is 0 Å². The zero-order valence-corrected chi connectivity index (χ0v) is 15.8. The first-order chi connectivity index (χ1) is 13.3. The van der Waals surface area contributed by atoms with Gasteiger partial charge in [-0.1, -0.05) is 6.07 Å². The van der Waals surface area contributed by atoms with Gasteiger partial charge in [0.05, 0.1) is 29.0 Å². The van der Waals surface area contributed by atoms with Crippen LogP contribution in [0.25, 0.3) is 21.7 Å². The molecule has 0 unspecified atom stereocenters. The maximum absolute atomic E-state index is 4.72. The van der Waals surface area contributed by atoms with E-state index in [0.717, 1.165) is 47.5 Å². The van der Waals surface area contributed by atoms with Crippen molar-refractivity contribution in [1.82, 2.24) is 34.8 Å². The largest absolute Gasteiger partial charge is 0.336 e. The molecule has 0 spiro atoms. The van der Waals surface area contributed by atoms with Gasteiger partial charge in [-0.15, -0.1) is 11.3 Å². The first kappa shape index (κ1) is 16.4. The summed E-state index contributed by atoms with van der Waals surface area (Å²) in [5.74, 6) is 1.41. The van der Waals surface area contributed by atoms with Crippen LogP contribution in [0.5, 0.6) is 0 Å². The second kappa shape index (κ2) is 6.75. The number of piperidine rings is 1. The fraction of sp³-hybridized carbons (Fsp3) is 0.333. The van der Waals surface area contributed by atoms with E-state index in [1.165, 1.54) is 0 Å². The van der Waals surface area contributed by atoms with Gasteiger partial charge < -0.3 is 10.2 Å². The molecule has 8 nitrogen and oxygen atoms in total. The van der Waals surface area contributed by atoms with E-state index in [2.05, 4.69) is 48.4 Å². The Bertz CT molecular complexity index is 1040. The molecule has 2 N–H and O–H groups in total. The summed E-state index contributed by atoms with van der Waals surface area (Å²) >= 11 is 1.62. The molecule has 4 aromatic heterocycles. The molecule has 138 valence electrons. The number of nitrogens with one attached hydrogen (secondary N) is 2. The van der Waals surface area contributed by atoms with E-state index in [4.69, 9.17) is 4.98 Å². The number of aromatic amines is 1. The highest BCUT2D eigenvalue weighted by molar-refractivity contribution is 7.13. The Balaban J connectivity index is 1.44. The first-order valence-corrected chi connectivity index (χ1v) is 9.89. The van der Waals surface area contributed by atoms with Crippen LogP contribution >= 0.6 is 11.3 Å². The maximum Gasteiger partial charge on any atom is 0.172 e. The maximum atomic E-state index is 4.72. The number of H-pyrrole nitrogens is 1. The van der Waals surface area contributed by atoms with Crippen molar-refractivity contribution in [3.8, 4) is 10.7 Å². The SMILES string of the molecule is CN1CCC(n2cc(Nc3nc(-c4cccs4)nc4cn[nH]c34)cn2)CC1. The van der Waals surface area contributed by atoms with Gasteiger partial charge in [0.1, 0.15) is 11.0 Å². The second-order valence-electron chi connectivity index (χ2n) is 6.87. The van der Waals surface area contributed by atoms with E-state index >= 15 is 0 Å².